The number of ether oxygens (including phenoxy) is 1. The van der Waals surface area contributed by atoms with Gasteiger partial charge in [0.2, 0.25) is 5.91 Å². The van der Waals surface area contributed by atoms with Crippen molar-refractivity contribution in [2.24, 2.45) is 0 Å². The molecule has 1 aromatic rings. The van der Waals surface area contributed by atoms with Crippen molar-refractivity contribution in [1.82, 2.24) is 9.80 Å². The van der Waals surface area contributed by atoms with Crippen LogP contribution in [-0.2, 0) is 9.53 Å². The van der Waals surface area contributed by atoms with Gasteiger partial charge < -0.3 is 10.1 Å². The molecule has 1 saturated heterocycles. The van der Waals surface area contributed by atoms with E-state index in [0.29, 0.717) is 6.54 Å². The number of hydrogen-bond donors (Lipinski definition) is 1. The van der Waals surface area contributed by atoms with E-state index in [1.54, 1.807) is 7.11 Å². The number of nitrogens with zero attached hydrogens (tertiary/aromatic N) is 2. The summed E-state index contributed by atoms with van der Waals surface area (Å²) in [7, 11) is 1.72. The Balaban J connectivity index is 1.72. The van der Waals surface area contributed by atoms with E-state index in [1.165, 1.54) is 0 Å². The van der Waals surface area contributed by atoms with Crippen molar-refractivity contribution < 1.29 is 9.53 Å². The molecule has 1 heterocycles. The Morgan fingerprint density at radius 2 is 2.00 bits per heavy atom. The molecule has 0 atom stereocenters. The molecule has 2 rings (SSSR count). The maximum Gasteiger partial charge on any atom is 0.238 e. The zero-order valence-electron chi connectivity index (χ0n) is 12.7. The highest BCUT2D eigenvalue weighted by Gasteiger charge is 2.18. The lowest BCUT2D eigenvalue weighted by atomic mass is 10.2. The predicted molar refractivity (Wildman–Crippen MR) is 84.3 cm³/mol. The summed E-state index contributed by atoms with van der Waals surface area (Å²) in [6, 6.07) is 7.57. The number of anilines is 1. The van der Waals surface area contributed by atoms with Crippen LogP contribution in [0.2, 0.25) is 0 Å². The predicted octanol–water partition coefficient (Wildman–Crippen LogP) is 1.07. The fourth-order valence-corrected chi connectivity index (χ4v) is 2.44. The van der Waals surface area contributed by atoms with Gasteiger partial charge in [-0.3, -0.25) is 14.6 Å². The second kappa shape index (κ2) is 8.12. The quantitative estimate of drug-likeness (QED) is 0.851. The normalized spacial score (nSPS) is 16.9. The van der Waals surface area contributed by atoms with Crippen molar-refractivity contribution in [1.29, 1.82) is 0 Å². The number of benzene rings is 1. The number of piperazine rings is 1. The van der Waals surface area contributed by atoms with Gasteiger partial charge in [0.05, 0.1) is 13.2 Å². The maximum absolute atomic E-state index is 12.0. The van der Waals surface area contributed by atoms with E-state index in [-0.39, 0.29) is 5.91 Å². The standard InChI is InChI=1S/C16H24N3O2/c1-14-4-3-5-15(12-14)17-16(20)13-19-8-6-18(7-9-19)10-11-21-2/h3-5,12H,1,6-11,13H2,2H3,(H,17,20). The van der Waals surface area contributed by atoms with E-state index in [2.05, 4.69) is 22.0 Å². The van der Waals surface area contributed by atoms with Crippen molar-refractivity contribution >= 4 is 11.6 Å². The van der Waals surface area contributed by atoms with Crippen LogP contribution in [0.15, 0.2) is 24.3 Å². The van der Waals surface area contributed by atoms with Crippen LogP contribution in [0.1, 0.15) is 5.56 Å². The van der Waals surface area contributed by atoms with E-state index < -0.39 is 0 Å². The molecule has 115 valence electrons. The molecule has 0 spiro atoms. The van der Waals surface area contributed by atoms with E-state index in [1.807, 2.05) is 24.3 Å². The van der Waals surface area contributed by atoms with Gasteiger partial charge in [-0.1, -0.05) is 12.1 Å². The Kier molecular flexibility index (Phi) is 6.17. The smallest absolute Gasteiger partial charge is 0.238 e. The molecule has 1 aliphatic heterocycles. The van der Waals surface area contributed by atoms with Crippen LogP contribution >= 0.6 is 0 Å². The lowest BCUT2D eigenvalue weighted by Crippen LogP contribution is -2.49. The van der Waals surface area contributed by atoms with Crippen LogP contribution in [0.4, 0.5) is 5.69 Å². The average Bonchev–Trinajstić information content (AvgIpc) is 2.46. The summed E-state index contributed by atoms with van der Waals surface area (Å²) in [5.41, 5.74) is 1.71. The molecule has 1 aliphatic rings. The summed E-state index contributed by atoms with van der Waals surface area (Å²) in [5, 5.41) is 2.92. The van der Waals surface area contributed by atoms with Gasteiger partial charge in [-0.25, -0.2) is 0 Å². The van der Waals surface area contributed by atoms with Gasteiger partial charge in [-0.15, -0.1) is 0 Å². The Bertz CT molecular complexity index is 457. The number of carbonyl (C=O) groups is 1. The molecule has 1 radical (unpaired) electrons. The first-order valence-corrected chi connectivity index (χ1v) is 7.33. The Labute approximate surface area is 126 Å². The molecular weight excluding hydrogens is 266 g/mol. The van der Waals surface area contributed by atoms with Crippen molar-refractivity contribution in [3.8, 4) is 0 Å². The molecule has 0 aromatic heterocycles. The van der Waals surface area contributed by atoms with E-state index in [0.717, 1.165) is 50.6 Å². The fraction of sp³-hybridized carbons (Fsp3) is 0.500. The first kappa shape index (κ1) is 15.9. The molecular formula is C16H24N3O2. The Morgan fingerprint density at radius 1 is 1.29 bits per heavy atom. The summed E-state index contributed by atoms with van der Waals surface area (Å²) in [6.07, 6.45) is 0. The summed E-state index contributed by atoms with van der Waals surface area (Å²) in [4.78, 5) is 16.6. The van der Waals surface area contributed by atoms with Gasteiger partial charge in [0.1, 0.15) is 0 Å². The Morgan fingerprint density at radius 3 is 2.67 bits per heavy atom. The molecule has 1 amide bonds. The van der Waals surface area contributed by atoms with Gasteiger partial charge in [0.15, 0.2) is 0 Å². The minimum absolute atomic E-state index is 0.0333. The molecule has 1 aromatic carbocycles. The molecule has 0 bridgehead atoms. The molecule has 0 unspecified atom stereocenters. The largest absolute Gasteiger partial charge is 0.383 e. The molecule has 1 N–H and O–H groups in total. The highest BCUT2D eigenvalue weighted by Crippen LogP contribution is 2.09. The SMILES string of the molecule is [CH2]c1cccc(NC(=O)CN2CCN(CCOC)CC2)c1. The highest BCUT2D eigenvalue weighted by atomic mass is 16.5. The van der Waals surface area contributed by atoms with Crippen LogP contribution in [0.5, 0.6) is 0 Å². The molecule has 0 saturated carbocycles. The second-order valence-corrected chi connectivity index (χ2v) is 5.36. The summed E-state index contributed by atoms with van der Waals surface area (Å²) >= 11 is 0. The summed E-state index contributed by atoms with van der Waals surface area (Å²) in [5.74, 6) is 0.0333. The van der Waals surface area contributed by atoms with Gasteiger partial charge in [0.25, 0.3) is 0 Å². The number of carbonyl (C=O) groups excluding carboxylic acids is 1. The minimum atomic E-state index is 0.0333. The lowest BCUT2D eigenvalue weighted by Gasteiger charge is -2.34. The number of nitrogens with one attached hydrogen (secondary N) is 1. The second-order valence-electron chi connectivity index (χ2n) is 5.36. The third-order valence-corrected chi connectivity index (χ3v) is 3.65. The first-order chi connectivity index (χ1) is 10.2. The lowest BCUT2D eigenvalue weighted by molar-refractivity contribution is -0.117. The highest BCUT2D eigenvalue weighted by molar-refractivity contribution is 5.92. The number of methoxy groups -OCH3 is 1. The Hall–Kier alpha value is -1.43. The fourth-order valence-electron chi connectivity index (χ4n) is 2.44. The molecule has 0 aliphatic carbocycles. The number of amides is 1. The van der Waals surface area contributed by atoms with Crippen LogP contribution in [0, 0.1) is 6.92 Å². The zero-order chi connectivity index (χ0) is 15.1. The van der Waals surface area contributed by atoms with Crippen molar-refractivity contribution in [2.75, 3.05) is 58.3 Å². The number of hydrogen-bond acceptors (Lipinski definition) is 4. The first-order valence-electron chi connectivity index (χ1n) is 7.33. The van der Waals surface area contributed by atoms with Gasteiger partial charge >= 0.3 is 0 Å². The van der Waals surface area contributed by atoms with E-state index in [9.17, 15) is 4.79 Å². The van der Waals surface area contributed by atoms with Gasteiger partial charge in [-0.05, 0) is 24.6 Å². The van der Waals surface area contributed by atoms with Crippen molar-refractivity contribution in [3.63, 3.8) is 0 Å². The average molecular weight is 290 g/mol. The van der Waals surface area contributed by atoms with Crippen LogP contribution in [-0.4, -0.2) is 68.7 Å². The molecule has 5 nitrogen and oxygen atoms in total. The third-order valence-electron chi connectivity index (χ3n) is 3.65. The maximum atomic E-state index is 12.0. The molecule has 1 fully saturated rings. The third kappa shape index (κ3) is 5.46. The monoisotopic (exact) mass is 290 g/mol. The molecule has 5 heteroatoms. The summed E-state index contributed by atoms with van der Waals surface area (Å²) < 4.78 is 5.09. The van der Waals surface area contributed by atoms with E-state index >= 15 is 0 Å². The van der Waals surface area contributed by atoms with Crippen LogP contribution < -0.4 is 5.32 Å². The van der Waals surface area contributed by atoms with Gasteiger partial charge in [-0.2, -0.15) is 0 Å². The van der Waals surface area contributed by atoms with Gasteiger partial charge in [0, 0.05) is 45.5 Å². The topological polar surface area (TPSA) is 44.8 Å². The minimum Gasteiger partial charge on any atom is -0.383 e. The number of rotatable bonds is 6. The zero-order valence-corrected chi connectivity index (χ0v) is 12.7. The van der Waals surface area contributed by atoms with Crippen molar-refractivity contribution in [3.05, 3.63) is 36.8 Å². The van der Waals surface area contributed by atoms with E-state index in [4.69, 9.17) is 4.74 Å². The van der Waals surface area contributed by atoms with Crippen molar-refractivity contribution in [2.45, 2.75) is 0 Å². The molecule has 21 heavy (non-hydrogen) atoms. The summed E-state index contributed by atoms with van der Waals surface area (Å²) in [6.45, 7) is 9.86. The van der Waals surface area contributed by atoms with Crippen LogP contribution in [0.3, 0.4) is 0 Å². The van der Waals surface area contributed by atoms with Crippen LogP contribution in [0.25, 0.3) is 0 Å².